The van der Waals surface area contributed by atoms with Crippen molar-refractivity contribution >= 4 is 0 Å². The van der Waals surface area contributed by atoms with Crippen molar-refractivity contribution in [1.82, 2.24) is 0 Å². The number of para-hydroxylation sites is 3. The van der Waals surface area contributed by atoms with Crippen LogP contribution < -0.4 is 9.47 Å². The maximum atomic E-state index is 6.17. The number of hydrogen-bond acceptors (Lipinski definition) is 2. The third-order valence-electron chi connectivity index (χ3n) is 3.50. The molecule has 0 unspecified atom stereocenters. The average Bonchev–Trinajstić information content (AvgIpc) is 2.62. The van der Waals surface area contributed by atoms with Crippen molar-refractivity contribution in [3.8, 4) is 28.4 Å². The molecule has 0 aliphatic heterocycles. The first-order chi connectivity index (χ1) is 11.4. The Morgan fingerprint density at radius 2 is 1.26 bits per heavy atom. The van der Waals surface area contributed by atoms with Gasteiger partial charge in [-0.1, -0.05) is 67.6 Å². The normalized spacial score (nSPS) is 10.3. The van der Waals surface area contributed by atoms with Crippen LogP contribution in [0.2, 0.25) is 0 Å². The highest BCUT2D eigenvalue weighted by molar-refractivity contribution is 5.70. The van der Waals surface area contributed by atoms with Gasteiger partial charge in [0, 0.05) is 5.56 Å². The molecule has 23 heavy (non-hydrogen) atoms. The molecule has 3 rings (SSSR count). The minimum absolute atomic E-state index is 0.681. The van der Waals surface area contributed by atoms with Gasteiger partial charge in [-0.25, -0.2) is 0 Å². The van der Waals surface area contributed by atoms with Crippen LogP contribution in [0.15, 0.2) is 78.9 Å². The molecule has 0 heterocycles. The molecule has 2 nitrogen and oxygen atoms in total. The first-order valence-corrected chi connectivity index (χ1v) is 7.92. The fourth-order valence-corrected chi connectivity index (χ4v) is 2.40. The number of ether oxygens (including phenoxy) is 2. The van der Waals surface area contributed by atoms with Crippen LogP contribution in [0.3, 0.4) is 0 Å². The summed E-state index contributed by atoms with van der Waals surface area (Å²) in [7, 11) is 0. The Labute approximate surface area is 137 Å². The molecule has 0 aliphatic carbocycles. The fraction of sp³-hybridized carbons (Fsp3) is 0.143. The lowest BCUT2D eigenvalue weighted by Crippen LogP contribution is -1.97. The smallest absolute Gasteiger partial charge is 0.169 e. The molecule has 0 radical (unpaired) electrons. The van der Waals surface area contributed by atoms with E-state index in [2.05, 4.69) is 25.1 Å². The third-order valence-corrected chi connectivity index (χ3v) is 3.50. The summed E-state index contributed by atoms with van der Waals surface area (Å²) in [5, 5.41) is 0. The van der Waals surface area contributed by atoms with Gasteiger partial charge in [-0.05, 0) is 30.2 Å². The van der Waals surface area contributed by atoms with Gasteiger partial charge in [0.25, 0.3) is 0 Å². The second kappa shape index (κ2) is 7.50. The standard InChI is InChI=1S/C21H20O2/c1-2-16-22-20-14-8-9-15-21(20)23-19-13-7-6-12-18(19)17-10-4-3-5-11-17/h3-15H,2,16H2,1H3. The molecule has 0 aliphatic rings. The largest absolute Gasteiger partial charge is 0.490 e. The summed E-state index contributed by atoms with van der Waals surface area (Å²) in [5.74, 6) is 2.34. The van der Waals surface area contributed by atoms with Crippen LogP contribution in [0.1, 0.15) is 13.3 Å². The predicted octanol–water partition coefficient (Wildman–Crippen LogP) is 5.93. The van der Waals surface area contributed by atoms with Gasteiger partial charge < -0.3 is 9.47 Å². The molecule has 116 valence electrons. The van der Waals surface area contributed by atoms with E-state index in [4.69, 9.17) is 9.47 Å². The monoisotopic (exact) mass is 304 g/mol. The van der Waals surface area contributed by atoms with E-state index in [1.165, 1.54) is 0 Å². The summed E-state index contributed by atoms with van der Waals surface area (Å²) in [4.78, 5) is 0. The topological polar surface area (TPSA) is 18.5 Å². The van der Waals surface area contributed by atoms with Crippen molar-refractivity contribution in [1.29, 1.82) is 0 Å². The fourth-order valence-electron chi connectivity index (χ4n) is 2.40. The summed E-state index contributed by atoms with van der Waals surface area (Å²) < 4.78 is 11.9. The van der Waals surface area contributed by atoms with Crippen molar-refractivity contribution in [3.63, 3.8) is 0 Å². The van der Waals surface area contributed by atoms with Gasteiger partial charge in [-0.15, -0.1) is 0 Å². The van der Waals surface area contributed by atoms with E-state index in [0.717, 1.165) is 34.8 Å². The van der Waals surface area contributed by atoms with Gasteiger partial charge in [0.15, 0.2) is 11.5 Å². The maximum Gasteiger partial charge on any atom is 0.169 e. The Bertz CT molecular complexity index is 751. The zero-order valence-electron chi connectivity index (χ0n) is 13.2. The molecule has 3 aromatic carbocycles. The van der Waals surface area contributed by atoms with E-state index in [-0.39, 0.29) is 0 Å². The first-order valence-electron chi connectivity index (χ1n) is 7.92. The van der Waals surface area contributed by atoms with Crippen LogP contribution in [0.4, 0.5) is 0 Å². The summed E-state index contributed by atoms with van der Waals surface area (Å²) in [6, 6.07) is 26.1. The molecule has 3 aromatic rings. The quantitative estimate of drug-likeness (QED) is 0.561. The van der Waals surface area contributed by atoms with Crippen molar-refractivity contribution in [2.24, 2.45) is 0 Å². The molecule has 0 N–H and O–H groups in total. The molecule has 0 bridgehead atoms. The molecule has 0 atom stereocenters. The molecular weight excluding hydrogens is 284 g/mol. The highest BCUT2D eigenvalue weighted by atomic mass is 16.5. The van der Waals surface area contributed by atoms with Crippen LogP contribution >= 0.6 is 0 Å². The number of rotatable bonds is 6. The SMILES string of the molecule is CCCOc1ccccc1Oc1ccccc1-c1ccccc1. The van der Waals surface area contributed by atoms with Gasteiger partial charge in [0.05, 0.1) is 6.61 Å². The molecule has 0 saturated carbocycles. The van der Waals surface area contributed by atoms with Crippen LogP contribution in [0.5, 0.6) is 17.2 Å². The Balaban J connectivity index is 1.93. The summed E-state index contributed by atoms with van der Waals surface area (Å²) >= 11 is 0. The van der Waals surface area contributed by atoms with Gasteiger partial charge >= 0.3 is 0 Å². The van der Waals surface area contributed by atoms with Crippen molar-refractivity contribution in [3.05, 3.63) is 78.9 Å². The van der Waals surface area contributed by atoms with Crippen LogP contribution in [-0.4, -0.2) is 6.61 Å². The van der Waals surface area contributed by atoms with E-state index in [9.17, 15) is 0 Å². The van der Waals surface area contributed by atoms with E-state index in [1.54, 1.807) is 0 Å². The second-order valence-electron chi connectivity index (χ2n) is 5.26. The summed E-state index contributed by atoms with van der Waals surface area (Å²) in [5.41, 5.74) is 2.20. The Morgan fingerprint density at radius 3 is 2.00 bits per heavy atom. The second-order valence-corrected chi connectivity index (χ2v) is 5.26. The third kappa shape index (κ3) is 3.72. The van der Waals surface area contributed by atoms with Crippen molar-refractivity contribution in [2.75, 3.05) is 6.61 Å². The van der Waals surface area contributed by atoms with Gasteiger partial charge in [-0.2, -0.15) is 0 Å². The van der Waals surface area contributed by atoms with E-state index in [1.807, 2.05) is 60.7 Å². The van der Waals surface area contributed by atoms with Crippen LogP contribution in [-0.2, 0) is 0 Å². The Morgan fingerprint density at radius 1 is 0.652 bits per heavy atom. The lowest BCUT2D eigenvalue weighted by molar-refractivity contribution is 0.302. The molecule has 0 fully saturated rings. The van der Waals surface area contributed by atoms with Crippen molar-refractivity contribution < 1.29 is 9.47 Å². The van der Waals surface area contributed by atoms with E-state index < -0.39 is 0 Å². The molecule has 0 spiro atoms. The minimum atomic E-state index is 0.681. The summed E-state index contributed by atoms with van der Waals surface area (Å²) in [6.45, 7) is 2.77. The molecule has 2 heteroatoms. The average molecular weight is 304 g/mol. The van der Waals surface area contributed by atoms with Gasteiger partial charge in [-0.3, -0.25) is 0 Å². The van der Waals surface area contributed by atoms with E-state index in [0.29, 0.717) is 6.61 Å². The molecule has 0 saturated heterocycles. The van der Waals surface area contributed by atoms with E-state index >= 15 is 0 Å². The molecule has 0 aromatic heterocycles. The Kier molecular flexibility index (Phi) is 4.95. The number of hydrogen-bond donors (Lipinski definition) is 0. The lowest BCUT2D eigenvalue weighted by atomic mass is 10.0. The van der Waals surface area contributed by atoms with Crippen LogP contribution in [0.25, 0.3) is 11.1 Å². The zero-order chi connectivity index (χ0) is 15.9. The highest BCUT2D eigenvalue weighted by Gasteiger charge is 2.10. The summed E-state index contributed by atoms with van der Waals surface area (Å²) in [6.07, 6.45) is 0.967. The van der Waals surface area contributed by atoms with Crippen LogP contribution in [0, 0.1) is 0 Å². The highest BCUT2D eigenvalue weighted by Crippen LogP contribution is 2.36. The number of benzene rings is 3. The minimum Gasteiger partial charge on any atom is -0.490 e. The molecule has 0 amide bonds. The van der Waals surface area contributed by atoms with Crippen molar-refractivity contribution in [2.45, 2.75) is 13.3 Å². The Hall–Kier alpha value is -2.74. The predicted molar refractivity (Wildman–Crippen MR) is 94.2 cm³/mol. The maximum absolute atomic E-state index is 6.17. The van der Waals surface area contributed by atoms with Gasteiger partial charge in [0.1, 0.15) is 5.75 Å². The lowest BCUT2D eigenvalue weighted by Gasteiger charge is -2.14. The van der Waals surface area contributed by atoms with Gasteiger partial charge in [0.2, 0.25) is 0 Å². The molecular formula is C21H20O2. The first kappa shape index (κ1) is 15.2. The zero-order valence-corrected chi connectivity index (χ0v) is 13.2.